The second-order valence-electron chi connectivity index (χ2n) is 6.47. The number of halogens is 1. The van der Waals surface area contributed by atoms with Gasteiger partial charge in [0.15, 0.2) is 0 Å². The van der Waals surface area contributed by atoms with Crippen LogP contribution in [0.25, 0.3) is 0 Å². The van der Waals surface area contributed by atoms with Crippen molar-refractivity contribution in [2.75, 3.05) is 13.7 Å². The van der Waals surface area contributed by atoms with E-state index >= 15 is 0 Å². The van der Waals surface area contributed by atoms with Crippen LogP contribution in [0.1, 0.15) is 49.3 Å². The van der Waals surface area contributed by atoms with Gasteiger partial charge in [-0.25, -0.2) is 0 Å². The maximum Gasteiger partial charge on any atom is 0.0686 e. The van der Waals surface area contributed by atoms with Gasteiger partial charge in [-0.2, -0.15) is 0 Å². The fourth-order valence-corrected chi connectivity index (χ4v) is 4.51. The molecule has 2 unspecified atom stereocenters. The third-order valence-electron chi connectivity index (χ3n) is 5.00. The molecule has 1 aliphatic carbocycles. The monoisotopic (exact) mass is 337 g/mol. The molecule has 3 heteroatoms. The summed E-state index contributed by atoms with van der Waals surface area (Å²) >= 11 is 3.63. The summed E-state index contributed by atoms with van der Waals surface area (Å²) in [6.07, 6.45) is 6.24. The van der Waals surface area contributed by atoms with Crippen LogP contribution in [-0.4, -0.2) is 19.3 Å². The molecule has 1 aromatic carbocycles. The Hall–Kier alpha value is -0.380. The predicted octanol–water partition coefficient (Wildman–Crippen LogP) is 4.37. The topological polar surface area (TPSA) is 21.3 Å². The number of aryl methyl sites for hydroxylation is 1. The lowest BCUT2D eigenvalue weighted by molar-refractivity contribution is -0.147. The molecule has 2 aliphatic rings. The standard InChI is InChI=1S/C17H24BrNO/c1-12-8-14(10-15(18)9-12)16(19-2)13-4-7-20-17(11-13)5-3-6-17/h8-10,13,16,19H,3-7,11H2,1-2H3. The minimum absolute atomic E-state index is 0.221. The quantitative estimate of drug-likeness (QED) is 0.884. The van der Waals surface area contributed by atoms with Crippen molar-refractivity contribution in [3.8, 4) is 0 Å². The first kappa shape index (κ1) is 14.6. The molecule has 2 nitrogen and oxygen atoms in total. The van der Waals surface area contributed by atoms with Crippen molar-refractivity contribution >= 4 is 15.9 Å². The van der Waals surface area contributed by atoms with E-state index in [0.717, 1.165) is 6.61 Å². The summed E-state index contributed by atoms with van der Waals surface area (Å²) in [6, 6.07) is 7.19. The van der Waals surface area contributed by atoms with Gasteiger partial charge in [-0.3, -0.25) is 0 Å². The van der Waals surface area contributed by atoms with Crippen LogP contribution in [0.4, 0.5) is 0 Å². The molecule has 3 rings (SSSR count). The summed E-state index contributed by atoms with van der Waals surface area (Å²) in [4.78, 5) is 0. The Morgan fingerprint density at radius 3 is 2.75 bits per heavy atom. The molecule has 0 amide bonds. The van der Waals surface area contributed by atoms with Crippen LogP contribution in [-0.2, 0) is 4.74 Å². The van der Waals surface area contributed by atoms with E-state index in [1.807, 2.05) is 0 Å². The number of ether oxygens (including phenoxy) is 1. The highest BCUT2D eigenvalue weighted by Crippen LogP contribution is 2.47. The maximum absolute atomic E-state index is 6.07. The first-order chi connectivity index (χ1) is 9.62. The Kier molecular flexibility index (Phi) is 4.21. The minimum atomic E-state index is 0.221. The predicted molar refractivity (Wildman–Crippen MR) is 85.9 cm³/mol. The van der Waals surface area contributed by atoms with Gasteiger partial charge in [0.1, 0.15) is 0 Å². The van der Waals surface area contributed by atoms with Crippen molar-refractivity contribution in [3.63, 3.8) is 0 Å². The van der Waals surface area contributed by atoms with Gasteiger partial charge in [0.05, 0.1) is 5.60 Å². The SMILES string of the molecule is CNC(c1cc(C)cc(Br)c1)C1CCOC2(CCC2)C1. The highest BCUT2D eigenvalue weighted by molar-refractivity contribution is 9.10. The van der Waals surface area contributed by atoms with Crippen LogP contribution in [0.3, 0.4) is 0 Å². The van der Waals surface area contributed by atoms with E-state index in [0.29, 0.717) is 12.0 Å². The summed E-state index contributed by atoms with van der Waals surface area (Å²) in [5, 5.41) is 3.55. The van der Waals surface area contributed by atoms with Crippen LogP contribution in [0, 0.1) is 12.8 Å². The van der Waals surface area contributed by atoms with E-state index in [2.05, 4.69) is 53.4 Å². The first-order valence-corrected chi connectivity index (χ1v) is 8.49. The fourth-order valence-electron chi connectivity index (χ4n) is 3.89. The molecule has 1 aromatic rings. The molecule has 1 saturated heterocycles. The normalized spacial score (nSPS) is 26.2. The second kappa shape index (κ2) is 5.78. The van der Waals surface area contributed by atoms with Crippen molar-refractivity contribution in [2.24, 2.45) is 5.92 Å². The summed E-state index contributed by atoms with van der Waals surface area (Å²) in [6.45, 7) is 3.09. The van der Waals surface area contributed by atoms with Gasteiger partial charge in [-0.15, -0.1) is 0 Å². The number of hydrogen-bond donors (Lipinski definition) is 1. The van der Waals surface area contributed by atoms with Crippen molar-refractivity contribution < 1.29 is 4.74 Å². The van der Waals surface area contributed by atoms with E-state index in [9.17, 15) is 0 Å². The molecule has 0 bridgehead atoms. The van der Waals surface area contributed by atoms with Crippen molar-refractivity contribution in [3.05, 3.63) is 33.8 Å². The van der Waals surface area contributed by atoms with Crippen molar-refractivity contribution in [2.45, 2.75) is 50.7 Å². The second-order valence-corrected chi connectivity index (χ2v) is 7.38. The van der Waals surface area contributed by atoms with Gasteiger partial charge in [-0.05, 0) is 75.3 Å². The number of nitrogens with one attached hydrogen (secondary N) is 1. The average Bonchev–Trinajstić information content (AvgIpc) is 2.37. The molecule has 1 N–H and O–H groups in total. The average molecular weight is 338 g/mol. The van der Waals surface area contributed by atoms with E-state index < -0.39 is 0 Å². The van der Waals surface area contributed by atoms with E-state index in [1.165, 1.54) is 47.7 Å². The molecule has 2 fully saturated rings. The Morgan fingerprint density at radius 2 is 2.15 bits per heavy atom. The van der Waals surface area contributed by atoms with Gasteiger partial charge in [0.25, 0.3) is 0 Å². The Morgan fingerprint density at radius 1 is 1.35 bits per heavy atom. The number of hydrogen-bond acceptors (Lipinski definition) is 2. The van der Waals surface area contributed by atoms with E-state index in [-0.39, 0.29) is 5.60 Å². The Labute approximate surface area is 130 Å². The molecule has 1 aliphatic heterocycles. The largest absolute Gasteiger partial charge is 0.375 e. The molecular formula is C17H24BrNO. The molecule has 1 saturated carbocycles. The van der Waals surface area contributed by atoms with Gasteiger partial charge in [-0.1, -0.05) is 22.0 Å². The maximum atomic E-state index is 6.07. The van der Waals surface area contributed by atoms with Crippen LogP contribution in [0.15, 0.2) is 22.7 Å². The first-order valence-electron chi connectivity index (χ1n) is 7.70. The Balaban J connectivity index is 1.81. The zero-order valence-electron chi connectivity index (χ0n) is 12.4. The molecule has 110 valence electrons. The molecule has 1 spiro atoms. The molecule has 0 aromatic heterocycles. The third kappa shape index (κ3) is 2.81. The molecule has 20 heavy (non-hydrogen) atoms. The Bertz CT molecular complexity index is 464. The molecule has 1 heterocycles. The van der Waals surface area contributed by atoms with Crippen LogP contribution >= 0.6 is 15.9 Å². The van der Waals surface area contributed by atoms with E-state index in [4.69, 9.17) is 4.74 Å². The molecule has 0 radical (unpaired) electrons. The minimum Gasteiger partial charge on any atom is -0.375 e. The fraction of sp³-hybridized carbons (Fsp3) is 0.647. The van der Waals surface area contributed by atoms with Gasteiger partial charge < -0.3 is 10.1 Å². The van der Waals surface area contributed by atoms with Crippen molar-refractivity contribution in [1.82, 2.24) is 5.32 Å². The zero-order valence-corrected chi connectivity index (χ0v) is 14.0. The highest BCUT2D eigenvalue weighted by Gasteiger charge is 2.44. The van der Waals surface area contributed by atoms with Crippen LogP contribution in [0.2, 0.25) is 0 Å². The molecule has 2 atom stereocenters. The smallest absolute Gasteiger partial charge is 0.0686 e. The van der Waals surface area contributed by atoms with Crippen molar-refractivity contribution in [1.29, 1.82) is 0 Å². The lowest BCUT2D eigenvalue weighted by Gasteiger charge is -2.48. The molecular weight excluding hydrogens is 314 g/mol. The summed E-state index contributed by atoms with van der Waals surface area (Å²) in [5.41, 5.74) is 2.94. The van der Waals surface area contributed by atoms with Crippen LogP contribution < -0.4 is 5.32 Å². The van der Waals surface area contributed by atoms with E-state index in [1.54, 1.807) is 0 Å². The summed E-state index contributed by atoms with van der Waals surface area (Å²) in [7, 11) is 2.09. The summed E-state index contributed by atoms with van der Waals surface area (Å²) < 4.78 is 7.25. The summed E-state index contributed by atoms with van der Waals surface area (Å²) in [5.74, 6) is 0.683. The van der Waals surface area contributed by atoms with Gasteiger partial charge >= 0.3 is 0 Å². The van der Waals surface area contributed by atoms with Gasteiger partial charge in [0, 0.05) is 17.1 Å². The highest BCUT2D eigenvalue weighted by atomic mass is 79.9. The third-order valence-corrected chi connectivity index (χ3v) is 5.46. The lowest BCUT2D eigenvalue weighted by atomic mass is 9.69. The van der Waals surface area contributed by atoms with Gasteiger partial charge in [0.2, 0.25) is 0 Å². The lowest BCUT2D eigenvalue weighted by Crippen LogP contribution is -2.47. The van der Waals surface area contributed by atoms with Crippen LogP contribution in [0.5, 0.6) is 0 Å². The number of rotatable bonds is 3. The zero-order chi connectivity index (χ0) is 14.2. The number of benzene rings is 1.